The number of nitrogens with zero attached hydrogens (tertiary/aromatic N) is 1. The number of amides is 1. The van der Waals surface area contributed by atoms with Crippen LogP contribution in [0.3, 0.4) is 0 Å². The van der Waals surface area contributed by atoms with Crippen molar-refractivity contribution in [3.05, 3.63) is 23.4 Å². The average molecular weight is 441 g/mol. The van der Waals surface area contributed by atoms with Gasteiger partial charge >= 0.3 is 0 Å². The number of rotatable bonds is 4. The molecule has 1 amide bonds. The Balaban J connectivity index is 1.56. The first-order valence-electron chi connectivity index (χ1n) is 12.9. The third kappa shape index (κ3) is 3.52. The first-order valence-corrected chi connectivity index (χ1v) is 12.9. The molecule has 0 aromatic rings. The first kappa shape index (κ1) is 23.7. The predicted octanol–water partition coefficient (Wildman–Crippen LogP) is 5.35. The van der Waals surface area contributed by atoms with Crippen LogP contribution in [-0.2, 0) is 9.59 Å². The maximum absolute atomic E-state index is 13.5. The second kappa shape index (κ2) is 8.42. The number of ketones is 1. The molecule has 4 heteroatoms. The zero-order valence-corrected chi connectivity index (χ0v) is 21.3. The van der Waals surface area contributed by atoms with Crippen molar-refractivity contribution in [2.75, 3.05) is 14.1 Å². The van der Waals surface area contributed by atoms with E-state index in [9.17, 15) is 9.59 Å². The Morgan fingerprint density at radius 1 is 1.12 bits per heavy atom. The SMILES string of the molecule is C/C=C(\C)C(=O)NC1=CC[C@@]2(C)C(CC[C@H]3[C@@H]4CC[C@H]([C@H](C)N(C)C)[C@@]4(C)CC[C@@H]32)C1=O. The summed E-state index contributed by atoms with van der Waals surface area (Å²) in [6, 6.07) is 0.625. The Hall–Kier alpha value is -1.42. The van der Waals surface area contributed by atoms with Crippen molar-refractivity contribution in [2.24, 2.45) is 40.4 Å². The summed E-state index contributed by atoms with van der Waals surface area (Å²) in [6.45, 7) is 11.0. The molecule has 0 aromatic heterocycles. The number of fused-ring (bicyclic) bond motifs is 5. The van der Waals surface area contributed by atoms with E-state index in [0.29, 0.717) is 28.6 Å². The van der Waals surface area contributed by atoms with Crippen LogP contribution < -0.4 is 5.32 Å². The normalized spacial score (nSPS) is 42.6. The minimum atomic E-state index is -0.148. The Labute approximate surface area is 195 Å². The number of carbonyl (C=O) groups excluding carboxylic acids is 2. The van der Waals surface area contributed by atoms with Gasteiger partial charge in [0.25, 0.3) is 5.91 Å². The van der Waals surface area contributed by atoms with Gasteiger partial charge in [0.15, 0.2) is 5.78 Å². The summed E-state index contributed by atoms with van der Waals surface area (Å²) in [4.78, 5) is 28.3. The zero-order valence-electron chi connectivity index (χ0n) is 21.3. The molecule has 0 aromatic carbocycles. The third-order valence-electron chi connectivity index (χ3n) is 10.7. The minimum Gasteiger partial charge on any atom is -0.319 e. The zero-order chi connectivity index (χ0) is 23.4. The summed E-state index contributed by atoms with van der Waals surface area (Å²) in [5, 5.41) is 2.91. The molecule has 0 radical (unpaired) electrons. The van der Waals surface area contributed by atoms with Crippen LogP contribution >= 0.6 is 0 Å². The lowest BCUT2D eigenvalue weighted by Gasteiger charge is -2.60. The van der Waals surface area contributed by atoms with Crippen LogP contribution in [-0.4, -0.2) is 36.7 Å². The lowest BCUT2D eigenvalue weighted by Crippen LogP contribution is -2.56. The van der Waals surface area contributed by atoms with Crippen molar-refractivity contribution in [2.45, 2.75) is 85.6 Å². The number of Topliss-reactive ketones (excluding diaryl/α,β-unsaturated/α-hetero) is 1. The Morgan fingerprint density at radius 3 is 2.47 bits per heavy atom. The van der Waals surface area contributed by atoms with Gasteiger partial charge in [-0.15, -0.1) is 0 Å². The van der Waals surface area contributed by atoms with Crippen molar-refractivity contribution in [3.8, 4) is 0 Å². The van der Waals surface area contributed by atoms with E-state index >= 15 is 0 Å². The van der Waals surface area contributed by atoms with Crippen LogP contribution in [0.4, 0.5) is 0 Å². The molecular formula is C28H44N2O2. The van der Waals surface area contributed by atoms with E-state index in [-0.39, 0.29) is 23.0 Å². The standard InChI is InChI=1S/C28H44N2O2/c1-8-17(2)26(32)29-24-14-16-28(5)22-13-15-27(4)20(18(3)30(6)7)11-12-21(27)19(22)9-10-23(28)25(24)31/h8,14,18-23H,9-13,15-16H2,1-7H3,(H,29,32)/b17-8+/t18-,19-,20+,21-,22-,23?,27+,28+/m0/s1. The van der Waals surface area contributed by atoms with Gasteiger partial charge in [-0.05, 0) is 114 Å². The molecule has 4 rings (SSSR count). The van der Waals surface area contributed by atoms with Crippen LogP contribution in [0.25, 0.3) is 0 Å². The van der Waals surface area contributed by atoms with Gasteiger partial charge in [0.2, 0.25) is 0 Å². The van der Waals surface area contributed by atoms with E-state index in [1.807, 2.05) is 13.0 Å². The topological polar surface area (TPSA) is 49.4 Å². The fourth-order valence-corrected chi connectivity index (χ4v) is 8.45. The summed E-state index contributed by atoms with van der Waals surface area (Å²) >= 11 is 0. The smallest absolute Gasteiger partial charge is 0.251 e. The largest absolute Gasteiger partial charge is 0.319 e. The minimum absolute atomic E-state index is 0.0381. The highest BCUT2D eigenvalue weighted by Gasteiger charge is 2.61. The van der Waals surface area contributed by atoms with Crippen LogP contribution in [0, 0.1) is 40.4 Å². The van der Waals surface area contributed by atoms with Crippen molar-refractivity contribution < 1.29 is 9.59 Å². The van der Waals surface area contributed by atoms with Gasteiger partial charge in [-0.25, -0.2) is 0 Å². The molecule has 178 valence electrons. The molecule has 0 aliphatic heterocycles. The number of carbonyl (C=O) groups is 2. The van der Waals surface area contributed by atoms with Gasteiger partial charge in [0.1, 0.15) is 0 Å². The molecule has 0 spiro atoms. The van der Waals surface area contributed by atoms with E-state index < -0.39 is 0 Å². The molecule has 4 aliphatic carbocycles. The highest BCUT2D eigenvalue weighted by atomic mass is 16.2. The number of hydrogen-bond acceptors (Lipinski definition) is 3. The Morgan fingerprint density at radius 2 is 1.81 bits per heavy atom. The molecule has 4 aliphatic rings. The molecule has 0 bridgehead atoms. The van der Waals surface area contributed by atoms with E-state index in [1.54, 1.807) is 13.0 Å². The molecule has 32 heavy (non-hydrogen) atoms. The van der Waals surface area contributed by atoms with Crippen LogP contribution in [0.1, 0.15) is 79.6 Å². The van der Waals surface area contributed by atoms with Crippen molar-refractivity contribution >= 4 is 11.7 Å². The van der Waals surface area contributed by atoms with Crippen molar-refractivity contribution in [1.29, 1.82) is 0 Å². The van der Waals surface area contributed by atoms with Crippen molar-refractivity contribution in [3.63, 3.8) is 0 Å². The second-order valence-corrected chi connectivity index (χ2v) is 12.1. The summed E-state index contributed by atoms with van der Waals surface area (Å²) in [5.74, 6) is 3.03. The van der Waals surface area contributed by atoms with Gasteiger partial charge in [0, 0.05) is 17.5 Å². The molecule has 3 fully saturated rings. The molecule has 4 nitrogen and oxygen atoms in total. The summed E-state index contributed by atoms with van der Waals surface area (Å²) < 4.78 is 0. The number of nitrogens with one attached hydrogen (secondary N) is 1. The molecule has 8 atom stereocenters. The monoisotopic (exact) mass is 440 g/mol. The van der Waals surface area contributed by atoms with Gasteiger partial charge in [0.05, 0.1) is 5.70 Å². The van der Waals surface area contributed by atoms with E-state index in [4.69, 9.17) is 0 Å². The fourth-order valence-electron chi connectivity index (χ4n) is 8.45. The van der Waals surface area contributed by atoms with Gasteiger partial charge in [-0.1, -0.05) is 26.0 Å². The maximum Gasteiger partial charge on any atom is 0.251 e. The van der Waals surface area contributed by atoms with Crippen LogP contribution in [0.5, 0.6) is 0 Å². The summed E-state index contributed by atoms with van der Waals surface area (Å²) in [7, 11) is 4.46. The molecular weight excluding hydrogens is 396 g/mol. The van der Waals surface area contributed by atoms with E-state index in [0.717, 1.165) is 30.6 Å². The summed E-state index contributed by atoms with van der Waals surface area (Å²) in [6.07, 6.45) is 12.2. The van der Waals surface area contributed by atoms with Gasteiger partial charge in [-0.2, -0.15) is 0 Å². The van der Waals surface area contributed by atoms with Crippen molar-refractivity contribution in [1.82, 2.24) is 10.2 Å². The fraction of sp³-hybridized carbons (Fsp3) is 0.786. The van der Waals surface area contributed by atoms with E-state index in [2.05, 4.69) is 45.1 Å². The number of hydrogen-bond donors (Lipinski definition) is 1. The van der Waals surface area contributed by atoms with E-state index in [1.165, 1.54) is 32.1 Å². The predicted molar refractivity (Wildman–Crippen MR) is 130 cm³/mol. The highest BCUT2D eigenvalue weighted by Crippen LogP contribution is 2.67. The molecule has 0 saturated heterocycles. The second-order valence-electron chi connectivity index (χ2n) is 12.1. The summed E-state index contributed by atoms with van der Waals surface area (Å²) in [5.41, 5.74) is 1.67. The lowest BCUT2D eigenvalue weighted by molar-refractivity contribution is -0.141. The van der Waals surface area contributed by atoms with Crippen LogP contribution in [0.15, 0.2) is 23.4 Å². The molecule has 3 saturated carbocycles. The number of allylic oxidation sites excluding steroid dienone is 3. The average Bonchev–Trinajstić information content (AvgIpc) is 3.11. The van der Waals surface area contributed by atoms with Gasteiger partial charge in [-0.3, -0.25) is 9.59 Å². The van der Waals surface area contributed by atoms with Crippen LogP contribution in [0.2, 0.25) is 0 Å². The lowest BCUT2D eigenvalue weighted by atomic mass is 9.45. The van der Waals surface area contributed by atoms with Gasteiger partial charge < -0.3 is 10.2 Å². The highest BCUT2D eigenvalue weighted by molar-refractivity contribution is 6.04. The molecule has 1 N–H and O–H groups in total. The quantitative estimate of drug-likeness (QED) is 0.600. The Kier molecular flexibility index (Phi) is 6.24. The molecule has 1 unspecified atom stereocenters. The molecule has 0 heterocycles. The Bertz CT molecular complexity index is 842. The third-order valence-corrected chi connectivity index (χ3v) is 10.7. The maximum atomic E-state index is 13.5. The first-order chi connectivity index (χ1) is 15.0.